The van der Waals surface area contributed by atoms with E-state index in [0.717, 1.165) is 31.2 Å². The van der Waals surface area contributed by atoms with Crippen LogP contribution in [0.1, 0.15) is 62.4 Å². The first-order valence-corrected chi connectivity index (χ1v) is 12.4. The summed E-state index contributed by atoms with van der Waals surface area (Å²) in [7, 11) is 3.12. The number of nitrogens with one attached hydrogen (secondary N) is 1. The van der Waals surface area contributed by atoms with Gasteiger partial charge in [0.15, 0.2) is 17.1 Å². The Morgan fingerprint density at radius 3 is 2.46 bits per heavy atom. The lowest BCUT2D eigenvalue weighted by atomic mass is 9.91. The van der Waals surface area contributed by atoms with Crippen LogP contribution in [0.5, 0.6) is 11.5 Å². The van der Waals surface area contributed by atoms with E-state index < -0.39 is 5.54 Å². The number of nitrogens with zero attached hydrogens (tertiary/aromatic N) is 2. The number of fused-ring (bicyclic) bond motifs is 3. The SMILES string of the molecule is COc1ccc(N2C(=O)c3cc4occc4n3C[C@@]2(C)C(=O)NC2CCCCCCC2)cc1OC. The van der Waals surface area contributed by atoms with Crippen molar-refractivity contribution in [3.8, 4) is 11.5 Å². The molecular weight excluding hydrogens is 446 g/mol. The number of carbonyl (C=O) groups excluding carboxylic acids is 2. The molecule has 8 heteroatoms. The van der Waals surface area contributed by atoms with Crippen LogP contribution in [0.15, 0.2) is 41.0 Å². The first kappa shape index (κ1) is 23.3. The molecule has 3 heterocycles. The van der Waals surface area contributed by atoms with E-state index in [4.69, 9.17) is 13.9 Å². The number of methoxy groups -OCH3 is 2. The van der Waals surface area contributed by atoms with Crippen LogP contribution in [0.3, 0.4) is 0 Å². The summed E-state index contributed by atoms with van der Waals surface area (Å²) in [6, 6.07) is 9.00. The normalized spacial score (nSPS) is 21.3. The molecule has 1 atom stereocenters. The Kier molecular flexibility index (Phi) is 6.21. The molecular formula is C27H33N3O5. The molecule has 186 valence electrons. The van der Waals surface area contributed by atoms with Gasteiger partial charge in [0.1, 0.15) is 11.2 Å². The Morgan fingerprint density at radius 2 is 1.74 bits per heavy atom. The third-order valence-corrected chi connectivity index (χ3v) is 7.46. The van der Waals surface area contributed by atoms with Gasteiger partial charge in [-0.1, -0.05) is 32.1 Å². The monoisotopic (exact) mass is 479 g/mol. The molecule has 5 rings (SSSR count). The minimum Gasteiger partial charge on any atom is -0.493 e. The molecule has 0 spiro atoms. The number of furan rings is 1. The van der Waals surface area contributed by atoms with Crippen molar-refractivity contribution in [1.82, 2.24) is 9.88 Å². The summed E-state index contributed by atoms with van der Waals surface area (Å²) >= 11 is 0. The van der Waals surface area contributed by atoms with E-state index in [2.05, 4.69) is 5.32 Å². The van der Waals surface area contributed by atoms with Crippen LogP contribution in [-0.2, 0) is 11.3 Å². The molecule has 0 saturated heterocycles. The van der Waals surface area contributed by atoms with Crippen molar-refractivity contribution in [3.63, 3.8) is 0 Å². The predicted octanol–water partition coefficient (Wildman–Crippen LogP) is 4.90. The fraction of sp³-hybridized carbons (Fsp3) is 0.481. The maximum absolute atomic E-state index is 14.0. The number of anilines is 1. The fourth-order valence-corrected chi connectivity index (χ4v) is 5.52. The third kappa shape index (κ3) is 4.05. The largest absolute Gasteiger partial charge is 0.493 e. The summed E-state index contributed by atoms with van der Waals surface area (Å²) in [5, 5.41) is 3.31. The summed E-state index contributed by atoms with van der Waals surface area (Å²) in [5.41, 5.74) is 1.35. The van der Waals surface area contributed by atoms with Crippen molar-refractivity contribution in [3.05, 3.63) is 42.3 Å². The van der Waals surface area contributed by atoms with E-state index in [1.807, 2.05) is 17.6 Å². The smallest absolute Gasteiger partial charge is 0.276 e. The Bertz CT molecular complexity index is 1240. The summed E-state index contributed by atoms with van der Waals surface area (Å²) < 4.78 is 18.4. The van der Waals surface area contributed by atoms with Gasteiger partial charge >= 0.3 is 0 Å². The Balaban J connectivity index is 1.57. The number of rotatable bonds is 5. The second-order valence-electron chi connectivity index (χ2n) is 9.76. The summed E-state index contributed by atoms with van der Waals surface area (Å²) in [6.45, 7) is 2.15. The molecule has 1 fully saturated rings. The van der Waals surface area contributed by atoms with Crippen LogP contribution in [0.2, 0.25) is 0 Å². The third-order valence-electron chi connectivity index (χ3n) is 7.46. The van der Waals surface area contributed by atoms with Crippen LogP contribution < -0.4 is 19.7 Å². The van der Waals surface area contributed by atoms with Gasteiger partial charge in [0.25, 0.3) is 5.91 Å². The molecule has 3 aromatic rings. The number of aromatic nitrogens is 1. The Hall–Kier alpha value is -3.42. The molecule has 1 saturated carbocycles. The van der Waals surface area contributed by atoms with Crippen LogP contribution in [0, 0.1) is 0 Å². The van der Waals surface area contributed by atoms with E-state index in [-0.39, 0.29) is 17.9 Å². The highest BCUT2D eigenvalue weighted by molar-refractivity contribution is 6.13. The van der Waals surface area contributed by atoms with E-state index in [1.54, 1.807) is 49.6 Å². The molecule has 2 aliphatic rings. The number of hydrogen-bond donors (Lipinski definition) is 1. The lowest BCUT2D eigenvalue weighted by Crippen LogP contribution is -2.65. The van der Waals surface area contributed by atoms with E-state index in [0.29, 0.717) is 35.0 Å². The van der Waals surface area contributed by atoms with E-state index in [1.165, 1.54) is 19.3 Å². The van der Waals surface area contributed by atoms with Crippen molar-refractivity contribution in [2.24, 2.45) is 0 Å². The van der Waals surface area contributed by atoms with Crippen LogP contribution in [-0.4, -0.2) is 42.2 Å². The molecule has 35 heavy (non-hydrogen) atoms. The fourth-order valence-electron chi connectivity index (χ4n) is 5.52. The molecule has 0 radical (unpaired) electrons. The highest BCUT2D eigenvalue weighted by Gasteiger charge is 2.49. The van der Waals surface area contributed by atoms with Gasteiger partial charge in [-0.05, 0) is 31.9 Å². The van der Waals surface area contributed by atoms with Crippen molar-refractivity contribution >= 4 is 28.6 Å². The minimum atomic E-state index is -1.16. The second-order valence-corrected chi connectivity index (χ2v) is 9.76. The molecule has 1 aliphatic heterocycles. The average Bonchev–Trinajstić information content (AvgIpc) is 3.43. The maximum atomic E-state index is 14.0. The molecule has 8 nitrogen and oxygen atoms in total. The summed E-state index contributed by atoms with van der Waals surface area (Å²) in [4.78, 5) is 29.6. The lowest BCUT2D eigenvalue weighted by Gasteiger charge is -2.44. The minimum absolute atomic E-state index is 0.113. The predicted molar refractivity (Wildman–Crippen MR) is 133 cm³/mol. The quantitative estimate of drug-likeness (QED) is 0.563. The van der Waals surface area contributed by atoms with Gasteiger partial charge in [-0.25, -0.2) is 0 Å². The number of carbonyl (C=O) groups is 2. The maximum Gasteiger partial charge on any atom is 0.276 e. The van der Waals surface area contributed by atoms with Crippen LogP contribution >= 0.6 is 0 Å². The number of hydrogen-bond acceptors (Lipinski definition) is 5. The van der Waals surface area contributed by atoms with Gasteiger partial charge in [0.05, 0.1) is 32.5 Å². The highest BCUT2D eigenvalue weighted by Crippen LogP contribution is 2.39. The number of amides is 2. The van der Waals surface area contributed by atoms with Gasteiger partial charge in [0.2, 0.25) is 5.91 Å². The van der Waals surface area contributed by atoms with Crippen molar-refractivity contribution < 1.29 is 23.5 Å². The van der Waals surface area contributed by atoms with Gasteiger partial charge in [-0.15, -0.1) is 0 Å². The van der Waals surface area contributed by atoms with Gasteiger partial charge < -0.3 is 23.8 Å². The van der Waals surface area contributed by atoms with Crippen LogP contribution in [0.25, 0.3) is 11.1 Å². The lowest BCUT2D eigenvalue weighted by molar-refractivity contribution is -0.127. The van der Waals surface area contributed by atoms with Gasteiger partial charge in [-0.3, -0.25) is 14.5 Å². The zero-order valence-corrected chi connectivity index (χ0v) is 20.6. The van der Waals surface area contributed by atoms with Crippen LogP contribution in [0.4, 0.5) is 5.69 Å². The van der Waals surface area contributed by atoms with Crippen molar-refractivity contribution in [2.45, 2.75) is 70.0 Å². The molecule has 2 aromatic heterocycles. The highest BCUT2D eigenvalue weighted by atomic mass is 16.5. The standard InChI is InChI=1S/C27H33N3O5/c1-27(26(32)28-18-9-7-5-4-6-8-10-18)17-29-20-13-14-35-23(20)16-21(29)25(31)30(27)19-11-12-22(33-2)24(15-19)34-3/h11-16,18H,4-10,17H2,1-3H3,(H,28,32)/t27-/m0/s1. The summed E-state index contributed by atoms with van der Waals surface area (Å²) in [6.07, 6.45) is 9.41. The molecule has 2 amide bonds. The topological polar surface area (TPSA) is 85.9 Å². The molecule has 0 unspecified atom stereocenters. The van der Waals surface area contributed by atoms with E-state index in [9.17, 15) is 9.59 Å². The Morgan fingerprint density at radius 1 is 1.03 bits per heavy atom. The average molecular weight is 480 g/mol. The van der Waals surface area contributed by atoms with Gasteiger partial charge in [-0.2, -0.15) is 0 Å². The van der Waals surface area contributed by atoms with Gasteiger partial charge in [0, 0.05) is 29.9 Å². The first-order valence-electron chi connectivity index (χ1n) is 12.4. The second kappa shape index (κ2) is 9.32. The zero-order valence-electron chi connectivity index (χ0n) is 20.6. The molecule has 0 bridgehead atoms. The van der Waals surface area contributed by atoms with E-state index >= 15 is 0 Å². The first-order chi connectivity index (χ1) is 17.0. The molecule has 1 aromatic carbocycles. The Labute approximate surface area is 205 Å². The number of ether oxygens (including phenoxy) is 2. The number of benzene rings is 1. The molecule has 1 N–H and O–H groups in total. The zero-order chi connectivity index (χ0) is 24.6. The van der Waals surface area contributed by atoms with Crippen molar-refractivity contribution in [1.29, 1.82) is 0 Å². The molecule has 1 aliphatic carbocycles. The summed E-state index contributed by atoms with van der Waals surface area (Å²) in [5.74, 6) is 0.643. The van der Waals surface area contributed by atoms with Crippen molar-refractivity contribution in [2.75, 3.05) is 19.1 Å².